The van der Waals surface area contributed by atoms with Gasteiger partial charge in [-0.15, -0.1) is 0 Å². The molecule has 0 radical (unpaired) electrons. The van der Waals surface area contributed by atoms with Gasteiger partial charge in [0.1, 0.15) is 29.8 Å². The van der Waals surface area contributed by atoms with Crippen LogP contribution in [0.4, 0.5) is 5.69 Å². The lowest BCUT2D eigenvalue weighted by Crippen LogP contribution is -2.41. The van der Waals surface area contributed by atoms with Crippen LogP contribution in [0.25, 0.3) is 5.57 Å². The monoisotopic (exact) mass is 452 g/mol. The van der Waals surface area contributed by atoms with E-state index in [1.165, 1.54) is 11.1 Å². The van der Waals surface area contributed by atoms with Crippen molar-refractivity contribution in [2.24, 2.45) is 17.4 Å². The van der Waals surface area contributed by atoms with Crippen LogP contribution >= 0.6 is 0 Å². The molecule has 1 heterocycles. The van der Waals surface area contributed by atoms with E-state index in [-0.39, 0.29) is 5.92 Å². The van der Waals surface area contributed by atoms with Crippen LogP contribution in [-0.4, -0.2) is 69.4 Å². The summed E-state index contributed by atoms with van der Waals surface area (Å²) in [4.78, 5) is 5.73. The predicted molar refractivity (Wildman–Crippen MR) is 135 cm³/mol. The maximum Gasteiger partial charge on any atom is 0.139 e. The van der Waals surface area contributed by atoms with Gasteiger partial charge in [0, 0.05) is 55.6 Å². The molecule has 1 aromatic rings. The highest BCUT2D eigenvalue weighted by atomic mass is 16.5. The SMILES string of the molecule is C/C(N)=C/C(=C\N)c1ccc(OCCN(C)C)c(C#N)c1N1CCC(C(=N)N(C)C=N)CC1. The zero-order valence-electron chi connectivity index (χ0n) is 20.1. The van der Waals surface area contributed by atoms with Gasteiger partial charge in [0.05, 0.1) is 12.0 Å². The van der Waals surface area contributed by atoms with Crippen LogP contribution in [0.1, 0.15) is 30.9 Å². The number of piperidine rings is 1. The number of hydrogen-bond acceptors (Lipinski definition) is 8. The lowest BCUT2D eigenvalue weighted by atomic mass is 9.92. The van der Waals surface area contributed by atoms with Crippen LogP contribution in [0.3, 0.4) is 0 Å². The van der Waals surface area contributed by atoms with Gasteiger partial charge in [0.25, 0.3) is 0 Å². The Balaban J connectivity index is 2.46. The first-order chi connectivity index (χ1) is 15.7. The van der Waals surface area contributed by atoms with Crippen molar-refractivity contribution in [1.29, 1.82) is 16.1 Å². The van der Waals surface area contributed by atoms with Crippen LogP contribution in [0, 0.1) is 28.1 Å². The molecule has 0 spiro atoms. The molecule has 0 saturated carbocycles. The average molecular weight is 453 g/mol. The van der Waals surface area contributed by atoms with Crippen LogP contribution in [0.15, 0.2) is 30.1 Å². The van der Waals surface area contributed by atoms with Crippen molar-refractivity contribution in [2.45, 2.75) is 19.8 Å². The molecule has 2 rings (SSSR count). The Hall–Kier alpha value is -3.51. The zero-order valence-corrected chi connectivity index (χ0v) is 20.1. The second-order valence-electron chi connectivity index (χ2n) is 8.50. The lowest BCUT2D eigenvalue weighted by Gasteiger charge is -2.37. The second kappa shape index (κ2) is 11.9. The summed E-state index contributed by atoms with van der Waals surface area (Å²) >= 11 is 0. The van der Waals surface area contributed by atoms with Crippen LogP contribution in [0.2, 0.25) is 0 Å². The number of allylic oxidation sites excluding steroid dienone is 3. The number of nitrogens with one attached hydrogen (secondary N) is 2. The minimum absolute atomic E-state index is 0.0667. The number of benzene rings is 1. The molecule has 9 heteroatoms. The quantitative estimate of drug-likeness (QED) is 0.256. The summed E-state index contributed by atoms with van der Waals surface area (Å²) in [6.45, 7) is 4.34. The number of anilines is 1. The largest absolute Gasteiger partial charge is 0.491 e. The number of likely N-dealkylation sites (N-methyl/N-ethyl adjacent to an activating group) is 1. The van der Waals surface area contributed by atoms with Crippen molar-refractivity contribution in [3.63, 3.8) is 0 Å². The number of ether oxygens (including phenoxy) is 1. The molecule has 0 amide bonds. The van der Waals surface area contributed by atoms with Crippen LogP contribution in [-0.2, 0) is 0 Å². The molecule has 6 N–H and O–H groups in total. The van der Waals surface area contributed by atoms with Crippen molar-refractivity contribution in [1.82, 2.24) is 9.80 Å². The molecule has 0 aromatic heterocycles. The van der Waals surface area contributed by atoms with Crippen molar-refractivity contribution < 1.29 is 4.74 Å². The summed E-state index contributed by atoms with van der Waals surface area (Å²) in [5.74, 6) is 1.05. The van der Waals surface area contributed by atoms with E-state index in [4.69, 9.17) is 27.0 Å². The number of hydrogen-bond donors (Lipinski definition) is 4. The van der Waals surface area contributed by atoms with Crippen molar-refractivity contribution in [2.75, 3.05) is 52.3 Å². The first-order valence-corrected chi connectivity index (χ1v) is 11.0. The van der Waals surface area contributed by atoms with E-state index in [0.717, 1.165) is 42.5 Å². The third-order valence-corrected chi connectivity index (χ3v) is 5.69. The van der Waals surface area contributed by atoms with Crippen LogP contribution < -0.4 is 21.1 Å². The molecule has 1 aliphatic rings. The number of nitriles is 1. The van der Waals surface area contributed by atoms with E-state index in [1.807, 2.05) is 31.1 Å². The molecule has 1 saturated heterocycles. The fraction of sp³-hybridized carbons (Fsp3) is 0.458. The van der Waals surface area contributed by atoms with E-state index in [1.54, 1.807) is 20.0 Å². The Morgan fingerprint density at radius 1 is 1.30 bits per heavy atom. The Kier molecular flexibility index (Phi) is 9.30. The van der Waals surface area contributed by atoms with Gasteiger partial charge in [-0.2, -0.15) is 5.26 Å². The molecule has 1 aliphatic heterocycles. The van der Waals surface area contributed by atoms with Crippen molar-refractivity contribution in [3.8, 4) is 11.8 Å². The standard InChI is InChI=1S/C24H36N8O/c1-17(28)13-19(14-25)20-5-6-22(33-12-11-30(2)3)21(15-26)23(20)32-9-7-18(8-10-32)24(29)31(4)16-27/h5-6,13-14,16,18,27,29H,7-12,25,28H2,1-4H3/b17-13-,19-14+,27-16?,29-24?. The number of rotatable bonds is 9. The van der Waals surface area contributed by atoms with Gasteiger partial charge in [0.2, 0.25) is 0 Å². The highest BCUT2D eigenvalue weighted by Gasteiger charge is 2.28. The average Bonchev–Trinajstić information content (AvgIpc) is 2.80. The first-order valence-electron chi connectivity index (χ1n) is 11.0. The Bertz CT molecular complexity index is 948. The van der Waals surface area contributed by atoms with Gasteiger partial charge in [0.15, 0.2) is 0 Å². The van der Waals surface area contributed by atoms with E-state index in [2.05, 4.69) is 11.0 Å². The van der Waals surface area contributed by atoms with E-state index < -0.39 is 0 Å². The van der Waals surface area contributed by atoms with Gasteiger partial charge in [-0.05, 0) is 52.1 Å². The third-order valence-electron chi connectivity index (χ3n) is 5.69. The minimum Gasteiger partial charge on any atom is -0.491 e. The summed E-state index contributed by atoms with van der Waals surface area (Å²) < 4.78 is 5.98. The molecule has 0 unspecified atom stereocenters. The molecule has 9 nitrogen and oxygen atoms in total. The first kappa shape index (κ1) is 25.7. The number of amidine groups is 1. The smallest absolute Gasteiger partial charge is 0.139 e. The summed E-state index contributed by atoms with van der Waals surface area (Å²) in [6.07, 6.45) is 5.97. The maximum atomic E-state index is 10.1. The fourth-order valence-corrected chi connectivity index (χ4v) is 3.90. The molecule has 0 bridgehead atoms. The van der Waals surface area contributed by atoms with E-state index in [9.17, 15) is 5.26 Å². The lowest BCUT2D eigenvalue weighted by molar-refractivity contribution is 0.261. The second-order valence-corrected chi connectivity index (χ2v) is 8.50. The molecular weight excluding hydrogens is 416 g/mol. The Morgan fingerprint density at radius 3 is 2.48 bits per heavy atom. The zero-order chi connectivity index (χ0) is 24.5. The normalized spacial score (nSPS) is 15.3. The highest BCUT2D eigenvalue weighted by molar-refractivity contribution is 5.91. The molecule has 0 atom stereocenters. The van der Waals surface area contributed by atoms with Crippen molar-refractivity contribution >= 4 is 23.4 Å². The summed E-state index contributed by atoms with van der Waals surface area (Å²) in [5, 5.41) is 25.9. The molecule has 1 fully saturated rings. The van der Waals surface area contributed by atoms with E-state index in [0.29, 0.717) is 42.5 Å². The molecule has 0 aliphatic carbocycles. The molecule has 33 heavy (non-hydrogen) atoms. The minimum atomic E-state index is 0.0667. The molecule has 1 aromatic carbocycles. The van der Waals surface area contributed by atoms with E-state index >= 15 is 0 Å². The van der Waals surface area contributed by atoms with Gasteiger partial charge >= 0.3 is 0 Å². The molecular formula is C24H36N8O. The molecule has 178 valence electrons. The van der Waals surface area contributed by atoms with Gasteiger partial charge < -0.3 is 30.9 Å². The maximum absolute atomic E-state index is 10.1. The third kappa shape index (κ3) is 6.49. The summed E-state index contributed by atoms with van der Waals surface area (Å²) in [5.41, 5.74) is 15.3. The number of nitrogens with zero attached hydrogens (tertiary/aromatic N) is 4. The van der Waals surface area contributed by atoms with Crippen molar-refractivity contribution in [3.05, 3.63) is 41.2 Å². The highest BCUT2D eigenvalue weighted by Crippen LogP contribution is 2.39. The summed E-state index contributed by atoms with van der Waals surface area (Å²) in [6, 6.07) is 6.10. The fourth-order valence-electron chi connectivity index (χ4n) is 3.90. The van der Waals surface area contributed by atoms with Gasteiger partial charge in [-0.3, -0.25) is 10.8 Å². The topological polar surface area (TPSA) is 142 Å². The Morgan fingerprint density at radius 2 is 1.97 bits per heavy atom. The number of nitrogens with two attached hydrogens (primary N) is 2. The predicted octanol–water partition coefficient (Wildman–Crippen LogP) is 2.39. The Labute approximate surface area is 196 Å². The summed E-state index contributed by atoms with van der Waals surface area (Å²) in [7, 11) is 5.67. The van der Waals surface area contributed by atoms with Gasteiger partial charge in [-0.1, -0.05) is 0 Å². The van der Waals surface area contributed by atoms with Gasteiger partial charge in [-0.25, -0.2) is 0 Å². The van der Waals surface area contributed by atoms with Crippen LogP contribution in [0.5, 0.6) is 5.75 Å².